The number of hydrogen-bond acceptors (Lipinski definition) is 1. The summed E-state index contributed by atoms with van der Waals surface area (Å²) in [6, 6.07) is 12.3. The van der Waals surface area contributed by atoms with Gasteiger partial charge in [0.25, 0.3) is 5.82 Å². The number of benzene rings is 2. The van der Waals surface area contributed by atoms with Crippen LogP contribution in [-0.4, -0.2) is 10.1 Å². The van der Waals surface area contributed by atoms with Gasteiger partial charge in [-0.05, 0) is 31.2 Å². The number of imidazole rings is 1. The van der Waals surface area contributed by atoms with Crippen molar-refractivity contribution in [1.29, 1.82) is 0 Å². The van der Waals surface area contributed by atoms with Gasteiger partial charge in [0.05, 0.1) is 5.02 Å². The van der Waals surface area contributed by atoms with Crippen LogP contribution in [0.3, 0.4) is 0 Å². The Labute approximate surface area is 126 Å². The molecule has 21 heavy (non-hydrogen) atoms. The number of nitrogens with one attached hydrogen (secondary N) is 1. The third kappa shape index (κ3) is 2.52. The number of H-pyrrole nitrogens is 1. The van der Waals surface area contributed by atoms with Gasteiger partial charge in [-0.25, -0.2) is 13.9 Å². The maximum Gasteiger partial charge on any atom is 0.284 e. The number of aromatic nitrogens is 2. The first-order chi connectivity index (χ1) is 10.1. The van der Waals surface area contributed by atoms with Crippen molar-refractivity contribution >= 4 is 22.6 Å². The van der Waals surface area contributed by atoms with E-state index >= 15 is 0 Å². The third-order valence-corrected chi connectivity index (χ3v) is 3.88. The quantitative estimate of drug-likeness (QED) is 0.716. The number of para-hydroxylation sites is 2. The Balaban J connectivity index is 2.17. The van der Waals surface area contributed by atoms with Crippen LogP contribution in [-0.2, 0) is 6.54 Å². The van der Waals surface area contributed by atoms with E-state index in [1.54, 1.807) is 19.1 Å². The molecule has 0 saturated heterocycles. The summed E-state index contributed by atoms with van der Waals surface area (Å²) in [5.41, 5.74) is 2.20. The predicted molar refractivity (Wildman–Crippen MR) is 79.6 cm³/mol. The number of rotatable bonds is 3. The van der Waals surface area contributed by atoms with Crippen LogP contribution in [0.4, 0.5) is 4.39 Å². The van der Waals surface area contributed by atoms with Gasteiger partial charge in [-0.3, -0.25) is 0 Å². The molecule has 3 rings (SSSR count). The van der Waals surface area contributed by atoms with E-state index in [1.807, 2.05) is 28.8 Å². The van der Waals surface area contributed by atoms with Crippen molar-refractivity contribution in [1.82, 2.24) is 4.98 Å². The summed E-state index contributed by atoms with van der Waals surface area (Å²) in [5.74, 6) is 0.271. The van der Waals surface area contributed by atoms with Gasteiger partial charge in [0.1, 0.15) is 12.4 Å². The molecular formula is C16H15ClFN2O+. The lowest BCUT2D eigenvalue weighted by Gasteiger charge is -2.07. The fraction of sp³-hybridized carbons (Fsp3) is 0.188. The minimum atomic E-state index is -0.692. The molecule has 1 heterocycles. The van der Waals surface area contributed by atoms with E-state index in [-0.39, 0.29) is 12.4 Å². The number of hydrogen-bond donors (Lipinski definition) is 2. The summed E-state index contributed by atoms with van der Waals surface area (Å²) in [7, 11) is 0. The summed E-state index contributed by atoms with van der Waals surface area (Å²) >= 11 is 6.10. The molecule has 1 atom stereocenters. The second-order valence-corrected chi connectivity index (χ2v) is 5.40. The van der Waals surface area contributed by atoms with Crippen molar-refractivity contribution in [3.63, 3.8) is 0 Å². The first kappa shape index (κ1) is 14.0. The molecular weight excluding hydrogens is 291 g/mol. The number of aliphatic hydroxyl groups is 1. The standard InChI is InChI=1S/C16H14ClFN2O/c1-10(21)16-19-14-7-2-3-8-15(14)20(16)9-11-12(17)5-4-6-13(11)18/h2-8,10,21H,9H2,1H3/p+1. The zero-order chi connectivity index (χ0) is 15.0. The van der Waals surface area contributed by atoms with Crippen LogP contribution in [0.15, 0.2) is 42.5 Å². The molecule has 0 aliphatic rings. The first-order valence-corrected chi connectivity index (χ1v) is 7.07. The Kier molecular flexibility index (Phi) is 3.66. The van der Waals surface area contributed by atoms with Crippen molar-refractivity contribution in [2.24, 2.45) is 0 Å². The van der Waals surface area contributed by atoms with Gasteiger partial charge in [-0.1, -0.05) is 29.8 Å². The van der Waals surface area contributed by atoms with Crippen molar-refractivity contribution in [3.8, 4) is 0 Å². The summed E-state index contributed by atoms with van der Waals surface area (Å²) < 4.78 is 15.9. The Morgan fingerprint density at radius 2 is 2.00 bits per heavy atom. The van der Waals surface area contributed by atoms with Crippen LogP contribution in [0.5, 0.6) is 0 Å². The molecule has 108 valence electrons. The molecule has 1 unspecified atom stereocenters. The van der Waals surface area contributed by atoms with Crippen molar-refractivity contribution in [2.45, 2.75) is 19.6 Å². The van der Waals surface area contributed by atoms with Crippen LogP contribution >= 0.6 is 11.6 Å². The lowest BCUT2D eigenvalue weighted by Crippen LogP contribution is -2.39. The molecule has 0 bridgehead atoms. The van der Waals surface area contributed by atoms with Gasteiger partial charge in [-0.2, -0.15) is 0 Å². The number of nitrogens with zero attached hydrogens (tertiary/aromatic N) is 1. The molecule has 1 aromatic heterocycles. The number of aromatic amines is 1. The monoisotopic (exact) mass is 305 g/mol. The fourth-order valence-electron chi connectivity index (χ4n) is 2.49. The molecule has 0 amide bonds. The molecule has 0 saturated carbocycles. The second kappa shape index (κ2) is 5.47. The zero-order valence-electron chi connectivity index (χ0n) is 11.5. The van der Waals surface area contributed by atoms with Crippen LogP contribution in [0.25, 0.3) is 11.0 Å². The average Bonchev–Trinajstić information content (AvgIpc) is 2.82. The van der Waals surface area contributed by atoms with Gasteiger partial charge in [0, 0.05) is 5.56 Å². The Bertz CT molecular complexity index is 778. The molecule has 3 aromatic rings. The van der Waals surface area contributed by atoms with E-state index in [0.717, 1.165) is 11.0 Å². The number of halogens is 2. The van der Waals surface area contributed by atoms with Crippen LogP contribution in [0, 0.1) is 5.82 Å². The summed E-state index contributed by atoms with van der Waals surface area (Å²) in [6.45, 7) is 1.93. The van der Waals surface area contributed by atoms with Gasteiger partial charge < -0.3 is 5.11 Å². The third-order valence-electron chi connectivity index (χ3n) is 3.52. The average molecular weight is 306 g/mol. The minimum Gasteiger partial charge on any atom is -0.381 e. The van der Waals surface area contributed by atoms with Crippen molar-refractivity contribution in [2.75, 3.05) is 0 Å². The first-order valence-electron chi connectivity index (χ1n) is 6.69. The number of fused-ring (bicyclic) bond motifs is 1. The van der Waals surface area contributed by atoms with Gasteiger partial charge in [0.2, 0.25) is 0 Å². The summed E-state index contributed by atoms with van der Waals surface area (Å²) in [4.78, 5) is 3.17. The van der Waals surface area contributed by atoms with E-state index < -0.39 is 6.10 Å². The zero-order valence-corrected chi connectivity index (χ0v) is 12.2. The molecule has 2 aromatic carbocycles. The maximum atomic E-state index is 14.0. The van der Waals surface area contributed by atoms with E-state index in [9.17, 15) is 9.50 Å². The summed E-state index contributed by atoms with van der Waals surface area (Å²) in [5, 5.41) is 10.3. The van der Waals surface area contributed by atoms with Crippen molar-refractivity contribution in [3.05, 3.63) is 64.7 Å². The van der Waals surface area contributed by atoms with Crippen LogP contribution in [0.1, 0.15) is 24.4 Å². The highest BCUT2D eigenvalue weighted by atomic mass is 35.5. The van der Waals surface area contributed by atoms with E-state index in [0.29, 0.717) is 16.4 Å². The lowest BCUT2D eigenvalue weighted by atomic mass is 10.2. The number of aliphatic hydroxyl groups excluding tert-OH is 1. The molecule has 0 spiro atoms. The fourth-order valence-corrected chi connectivity index (χ4v) is 2.71. The normalized spacial score (nSPS) is 12.8. The van der Waals surface area contributed by atoms with Gasteiger partial charge in [0.15, 0.2) is 17.1 Å². The topological polar surface area (TPSA) is 39.9 Å². The molecule has 0 radical (unpaired) electrons. The van der Waals surface area contributed by atoms with Gasteiger partial charge in [-0.15, -0.1) is 0 Å². The van der Waals surface area contributed by atoms with Crippen molar-refractivity contribution < 1.29 is 14.1 Å². The Morgan fingerprint density at radius 3 is 2.71 bits per heavy atom. The maximum absolute atomic E-state index is 14.0. The second-order valence-electron chi connectivity index (χ2n) is 4.99. The molecule has 3 nitrogen and oxygen atoms in total. The van der Waals surface area contributed by atoms with E-state index in [4.69, 9.17) is 11.6 Å². The SMILES string of the molecule is CC(O)c1[nH]c2ccccc2[n+]1Cc1c(F)cccc1Cl. The highest BCUT2D eigenvalue weighted by Gasteiger charge is 2.23. The smallest absolute Gasteiger partial charge is 0.284 e. The molecule has 0 fully saturated rings. The Morgan fingerprint density at radius 1 is 1.24 bits per heavy atom. The largest absolute Gasteiger partial charge is 0.381 e. The summed E-state index contributed by atoms with van der Waals surface area (Å²) in [6.07, 6.45) is -0.692. The lowest BCUT2D eigenvalue weighted by molar-refractivity contribution is -0.673. The molecule has 0 aliphatic heterocycles. The van der Waals surface area contributed by atoms with E-state index in [1.165, 1.54) is 6.07 Å². The highest BCUT2D eigenvalue weighted by Crippen LogP contribution is 2.21. The van der Waals surface area contributed by atoms with Gasteiger partial charge >= 0.3 is 0 Å². The molecule has 5 heteroatoms. The van der Waals surface area contributed by atoms with Crippen LogP contribution in [0.2, 0.25) is 5.02 Å². The molecule has 0 aliphatic carbocycles. The highest BCUT2D eigenvalue weighted by molar-refractivity contribution is 6.31. The van der Waals surface area contributed by atoms with Crippen LogP contribution < -0.4 is 4.57 Å². The minimum absolute atomic E-state index is 0.260. The molecule has 2 N–H and O–H groups in total. The predicted octanol–water partition coefficient (Wildman–Crippen LogP) is 3.35. The Hall–Kier alpha value is -1.91. The van der Waals surface area contributed by atoms with E-state index in [2.05, 4.69) is 4.98 Å².